The van der Waals surface area contributed by atoms with Crippen molar-refractivity contribution in [3.63, 3.8) is 0 Å². The molecular weight excluding hydrogens is 204 g/mol. The molecule has 0 fully saturated rings. The summed E-state index contributed by atoms with van der Waals surface area (Å²) in [6, 6.07) is 6.90. The molecule has 0 spiro atoms. The molecule has 1 aromatic carbocycles. The van der Waals surface area contributed by atoms with E-state index in [4.69, 9.17) is 10.2 Å². The SMILES string of the molecule is CC(N)c1coc(Cc2cccc(O)c2)n1. The molecule has 0 aliphatic heterocycles. The van der Waals surface area contributed by atoms with E-state index in [-0.39, 0.29) is 11.8 Å². The van der Waals surface area contributed by atoms with Gasteiger partial charge in [0.15, 0.2) is 5.89 Å². The molecule has 84 valence electrons. The van der Waals surface area contributed by atoms with Crippen molar-refractivity contribution in [1.29, 1.82) is 0 Å². The van der Waals surface area contributed by atoms with Crippen LogP contribution >= 0.6 is 0 Å². The first-order chi connectivity index (χ1) is 7.65. The Kier molecular flexibility index (Phi) is 2.92. The second-order valence-corrected chi connectivity index (χ2v) is 3.80. The van der Waals surface area contributed by atoms with Gasteiger partial charge in [0.1, 0.15) is 12.0 Å². The van der Waals surface area contributed by atoms with Gasteiger partial charge in [0.25, 0.3) is 0 Å². The Morgan fingerprint density at radius 3 is 2.94 bits per heavy atom. The highest BCUT2D eigenvalue weighted by atomic mass is 16.3. The van der Waals surface area contributed by atoms with Crippen molar-refractivity contribution >= 4 is 0 Å². The molecular formula is C12H14N2O2. The van der Waals surface area contributed by atoms with Crippen LogP contribution in [0.3, 0.4) is 0 Å². The van der Waals surface area contributed by atoms with Crippen LogP contribution in [0.1, 0.15) is 30.1 Å². The van der Waals surface area contributed by atoms with Gasteiger partial charge >= 0.3 is 0 Å². The molecule has 3 N–H and O–H groups in total. The standard InChI is InChI=1S/C12H14N2O2/c1-8(13)11-7-16-12(14-11)6-9-3-2-4-10(15)5-9/h2-5,7-8,15H,6,13H2,1H3. The topological polar surface area (TPSA) is 72.3 Å². The molecule has 0 aliphatic rings. The van der Waals surface area contributed by atoms with Crippen LogP contribution in [-0.2, 0) is 6.42 Å². The molecule has 1 unspecified atom stereocenters. The summed E-state index contributed by atoms with van der Waals surface area (Å²) >= 11 is 0. The molecule has 2 rings (SSSR count). The Morgan fingerprint density at radius 1 is 1.50 bits per heavy atom. The number of phenols is 1. The van der Waals surface area contributed by atoms with Gasteiger partial charge in [-0.2, -0.15) is 0 Å². The van der Waals surface area contributed by atoms with Crippen LogP contribution in [0.15, 0.2) is 34.9 Å². The zero-order valence-corrected chi connectivity index (χ0v) is 9.05. The number of oxazole rings is 1. The van der Waals surface area contributed by atoms with E-state index in [1.807, 2.05) is 13.0 Å². The lowest BCUT2D eigenvalue weighted by atomic mass is 10.1. The van der Waals surface area contributed by atoms with Crippen LogP contribution in [0.25, 0.3) is 0 Å². The van der Waals surface area contributed by atoms with Gasteiger partial charge in [-0.1, -0.05) is 12.1 Å². The maximum Gasteiger partial charge on any atom is 0.198 e. The molecule has 1 atom stereocenters. The minimum absolute atomic E-state index is 0.123. The summed E-state index contributed by atoms with van der Waals surface area (Å²) < 4.78 is 5.30. The van der Waals surface area contributed by atoms with E-state index in [2.05, 4.69) is 4.98 Å². The Bertz CT molecular complexity index is 477. The normalized spacial score (nSPS) is 12.6. The van der Waals surface area contributed by atoms with Gasteiger partial charge in [0.2, 0.25) is 0 Å². The summed E-state index contributed by atoms with van der Waals surface area (Å²) in [6.45, 7) is 1.86. The Hall–Kier alpha value is -1.81. The molecule has 0 saturated carbocycles. The van der Waals surface area contributed by atoms with Crippen molar-refractivity contribution in [2.75, 3.05) is 0 Å². The first-order valence-electron chi connectivity index (χ1n) is 5.13. The van der Waals surface area contributed by atoms with E-state index in [0.29, 0.717) is 12.3 Å². The van der Waals surface area contributed by atoms with E-state index in [9.17, 15) is 5.11 Å². The van der Waals surface area contributed by atoms with Gasteiger partial charge in [-0.15, -0.1) is 0 Å². The fourth-order valence-corrected chi connectivity index (χ4v) is 1.46. The van der Waals surface area contributed by atoms with E-state index in [1.54, 1.807) is 24.5 Å². The third-order valence-electron chi connectivity index (χ3n) is 2.30. The van der Waals surface area contributed by atoms with E-state index >= 15 is 0 Å². The second-order valence-electron chi connectivity index (χ2n) is 3.80. The summed E-state index contributed by atoms with van der Waals surface area (Å²) in [7, 11) is 0. The second kappa shape index (κ2) is 4.37. The molecule has 0 saturated heterocycles. The van der Waals surface area contributed by atoms with E-state index in [1.165, 1.54) is 0 Å². The Balaban J connectivity index is 2.14. The van der Waals surface area contributed by atoms with Crippen molar-refractivity contribution < 1.29 is 9.52 Å². The van der Waals surface area contributed by atoms with E-state index in [0.717, 1.165) is 11.3 Å². The lowest BCUT2D eigenvalue weighted by Crippen LogP contribution is -2.05. The zero-order valence-electron chi connectivity index (χ0n) is 9.05. The van der Waals surface area contributed by atoms with Gasteiger partial charge in [-0.05, 0) is 24.6 Å². The summed E-state index contributed by atoms with van der Waals surface area (Å²) in [5, 5.41) is 9.31. The van der Waals surface area contributed by atoms with Gasteiger partial charge in [0, 0.05) is 12.5 Å². The molecule has 4 heteroatoms. The quantitative estimate of drug-likeness (QED) is 0.826. The highest BCUT2D eigenvalue weighted by Gasteiger charge is 2.08. The van der Waals surface area contributed by atoms with Crippen LogP contribution in [0.5, 0.6) is 5.75 Å². The number of nitrogens with zero attached hydrogens (tertiary/aromatic N) is 1. The summed E-state index contributed by atoms with van der Waals surface area (Å²) in [4.78, 5) is 4.26. The third kappa shape index (κ3) is 2.41. The maximum absolute atomic E-state index is 9.31. The third-order valence-corrected chi connectivity index (χ3v) is 2.30. The van der Waals surface area contributed by atoms with Crippen molar-refractivity contribution in [3.8, 4) is 5.75 Å². The molecule has 1 heterocycles. The van der Waals surface area contributed by atoms with Crippen molar-refractivity contribution in [2.24, 2.45) is 5.73 Å². The first kappa shape index (κ1) is 10.7. The lowest BCUT2D eigenvalue weighted by Gasteiger charge is -1.98. The smallest absolute Gasteiger partial charge is 0.198 e. The highest BCUT2D eigenvalue weighted by molar-refractivity contribution is 5.28. The first-order valence-corrected chi connectivity index (χ1v) is 5.13. The fraction of sp³-hybridized carbons (Fsp3) is 0.250. The monoisotopic (exact) mass is 218 g/mol. The van der Waals surface area contributed by atoms with Gasteiger partial charge < -0.3 is 15.3 Å². The molecule has 2 aromatic rings. The number of phenolic OH excluding ortho intramolecular Hbond substituents is 1. The molecule has 0 bridgehead atoms. The van der Waals surface area contributed by atoms with Crippen LogP contribution in [0, 0.1) is 0 Å². The number of aromatic nitrogens is 1. The molecule has 0 amide bonds. The number of rotatable bonds is 3. The number of benzene rings is 1. The van der Waals surface area contributed by atoms with Gasteiger partial charge in [-0.3, -0.25) is 0 Å². The molecule has 1 aromatic heterocycles. The van der Waals surface area contributed by atoms with Crippen LogP contribution in [0.4, 0.5) is 0 Å². The average molecular weight is 218 g/mol. The predicted octanol–water partition coefficient (Wildman–Crippen LogP) is 1.99. The van der Waals surface area contributed by atoms with Crippen molar-refractivity contribution in [1.82, 2.24) is 4.98 Å². The number of aromatic hydroxyl groups is 1. The van der Waals surface area contributed by atoms with Crippen LogP contribution in [-0.4, -0.2) is 10.1 Å². The maximum atomic E-state index is 9.31. The van der Waals surface area contributed by atoms with Crippen LogP contribution < -0.4 is 5.73 Å². The van der Waals surface area contributed by atoms with Gasteiger partial charge in [0.05, 0.1) is 5.69 Å². The highest BCUT2D eigenvalue weighted by Crippen LogP contribution is 2.16. The molecule has 16 heavy (non-hydrogen) atoms. The fourth-order valence-electron chi connectivity index (χ4n) is 1.46. The summed E-state index contributed by atoms with van der Waals surface area (Å²) in [5.41, 5.74) is 7.38. The van der Waals surface area contributed by atoms with Gasteiger partial charge in [-0.25, -0.2) is 4.98 Å². The Labute approximate surface area is 93.7 Å². The van der Waals surface area contributed by atoms with Crippen LogP contribution in [0.2, 0.25) is 0 Å². The minimum atomic E-state index is -0.123. The lowest BCUT2D eigenvalue weighted by molar-refractivity contribution is 0.473. The molecule has 0 aliphatic carbocycles. The zero-order chi connectivity index (χ0) is 11.5. The summed E-state index contributed by atoms with van der Waals surface area (Å²) in [6.07, 6.45) is 2.13. The minimum Gasteiger partial charge on any atom is -0.508 e. The largest absolute Gasteiger partial charge is 0.508 e. The van der Waals surface area contributed by atoms with Crippen molar-refractivity contribution in [2.45, 2.75) is 19.4 Å². The van der Waals surface area contributed by atoms with Crippen molar-refractivity contribution in [3.05, 3.63) is 47.7 Å². The summed E-state index contributed by atoms with van der Waals surface area (Å²) in [5.74, 6) is 0.856. The number of nitrogens with two attached hydrogens (primary N) is 1. The number of hydrogen-bond donors (Lipinski definition) is 2. The average Bonchev–Trinajstić information content (AvgIpc) is 2.66. The number of hydrogen-bond acceptors (Lipinski definition) is 4. The predicted molar refractivity (Wildman–Crippen MR) is 60.0 cm³/mol. The Morgan fingerprint density at radius 2 is 2.31 bits per heavy atom. The van der Waals surface area contributed by atoms with E-state index < -0.39 is 0 Å². The molecule has 4 nitrogen and oxygen atoms in total. The molecule has 0 radical (unpaired) electrons.